The Labute approximate surface area is 212 Å². The number of carbonyl (C=O) groups excluding carboxylic acids is 1. The smallest absolute Gasteiger partial charge is 0.306 e. The number of nitrogens with two attached hydrogens (primary N) is 1. The van der Waals surface area contributed by atoms with Crippen LogP contribution in [-0.4, -0.2) is 38.0 Å². The molecule has 1 heterocycles. The Hall–Kier alpha value is -3.14. The van der Waals surface area contributed by atoms with Crippen LogP contribution in [0.4, 0.5) is 4.39 Å². The van der Waals surface area contributed by atoms with Crippen LogP contribution in [0.15, 0.2) is 65.7 Å². The summed E-state index contributed by atoms with van der Waals surface area (Å²) in [6.07, 6.45) is 0.926. The quantitative estimate of drug-likeness (QED) is 0.466. The van der Waals surface area contributed by atoms with E-state index in [9.17, 15) is 17.6 Å². The van der Waals surface area contributed by atoms with Gasteiger partial charge in [-0.25, -0.2) is 9.38 Å². The lowest BCUT2D eigenvalue weighted by molar-refractivity contribution is -0.130. The Balaban J connectivity index is 1.92. The van der Waals surface area contributed by atoms with E-state index in [2.05, 4.69) is 4.99 Å². The summed E-state index contributed by atoms with van der Waals surface area (Å²) in [5.41, 5.74) is 5.81. The maximum atomic E-state index is 14.9. The molecule has 11 heteroatoms. The molecule has 1 unspecified atom stereocenters. The number of hydrogen-bond acceptors (Lipinski definition) is 6. The van der Waals surface area contributed by atoms with E-state index in [0.29, 0.717) is 26.7 Å². The lowest BCUT2D eigenvalue weighted by Crippen LogP contribution is -2.43. The van der Waals surface area contributed by atoms with Crippen LogP contribution in [0.5, 0.6) is 5.75 Å². The molecule has 35 heavy (non-hydrogen) atoms. The molecule has 0 spiro atoms. The zero-order valence-corrected chi connectivity index (χ0v) is 21.0. The molecule has 1 atom stereocenters. The molecule has 0 bridgehead atoms. The molecule has 3 aromatic rings. The van der Waals surface area contributed by atoms with E-state index in [1.807, 2.05) is 0 Å². The van der Waals surface area contributed by atoms with Crippen LogP contribution in [0.1, 0.15) is 18.1 Å². The number of carbonyl (C=O) groups is 1. The summed E-state index contributed by atoms with van der Waals surface area (Å²) in [6.45, 7) is 2.02. The predicted octanol–water partition coefficient (Wildman–Crippen LogP) is 4.56. The molecule has 0 aliphatic carbocycles. The van der Waals surface area contributed by atoms with Gasteiger partial charge in [0, 0.05) is 22.2 Å². The summed E-state index contributed by atoms with van der Waals surface area (Å²) in [5, 5.41) is 0.648. The van der Waals surface area contributed by atoms with Crippen molar-refractivity contribution in [1.29, 1.82) is 0 Å². The summed E-state index contributed by atoms with van der Waals surface area (Å²) < 4.78 is 42.8. The fourth-order valence-electron chi connectivity index (χ4n) is 4.04. The van der Waals surface area contributed by atoms with Crippen LogP contribution in [0.25, 0.3) is 11.1 Å². The van der Waals surface area contributed by atoms with Crippen LogP contribution < -0.4 is 9.92 Å². The van der Waals surface area contributed by atoms with E-state index in [0.717, 1.165) is 6.26 Å². The number of rotatable bonds is 6. The van der Waals surface area contributed by atoms with Crippen molar-refractivity contribution in [3.05, 3.63) is 87.7 Å². The van der Waals surface area contributed by atoms with Crippen LogP contribution in [0.2, 0.25) is 10.0 Å². The number of nitrogens with zero attached hydrogens (tertiary/aromatic N) is 2. The van der Waals surface area contributed by atoms with Gasteiger partial charge < -0.3 is 9.92 Å². The molecule has 4 rings (SSSR count). The summed E-state index contributed by atoms with van der Waals surface area (Å²) in [7, 11) is -3.74. The normalized spacial score (nSPS) is 18.0. The van der Waals surface area contributed by atoms with E-state index >= 15 is 0 Å². The van der Waals surface area contributed by atoms with E-state index in [4.69, 9.17) is 33.1 Å². The zero-order chi connectivity index (χ0) is 25.5. The maximum Gasteiger partial charge on any atom is 0.306 e. The van der Waals surface area contributed by atoms with Gasteiger partial charge in [-0.2, -0.15) is 8.42 Å². The SMILES string of the molecule is CCN1C(=O)C(c2ccc(OS(C)(=O)=O)cc2)(c2ccc(F)c(-c3cc(Cl)cc(Cl)c3)c2)N=C1N. The molecule has 0 fully saturated rings. The highest BCUT2D eigenvalue weighted by Gasteiger charge is 2.50. The second kappa shape index (κ2) is 9.14. The van der Waals surface area contributed by atoms with Crippen molar-refractivity contribution in [3.63, 3.8) is 0 Å². The Morgan fingerprint density at radius 1 is 1.03 bits per heavy atom. The lowest BCUT2D eigenvalue weighted by atomic mass is 9.81. The van der Waals surface area contributed by atoms with Crippen molar-refractivity contribution in [2.45, 2.75) is 12.5 Å². The molecule has 0 saturated heterocycles. The molecule has 1 aliphatic rings. The molecular formula is C24H20Cl2FN3O4S. The van der Waals surface area contributed by atoms with E-state index in [-0.39, 0.29) is 23.8 Å². The van der Waals surface area contributed by atoms with Gasteiger partial charge in [0.2, 0.25) is 0 Å². The van der Waals surface area contributed by atoms with E-state index in [1.54, 1.807) is 19.1 Å². The summed E-state index contributed by atoms with van der Waals surface area (Å²) in [4.78, 5) is 19.5. The van der Waals surface area contributed by atoms with Gasteiger partial charge in [0.05, 0.1) is 6.26 Å². The van der Waals surface area contributed by atoms with Gasteiger partial charge in [0.25, 0.3) is 5.91 Å². The molecule has 1 aliphatic heterocycles. The van der Waals surface area contributed by atoms with Crippen molar-refractivity contribution < 1.29 is 21.8 Å². The van der Waals surface area contributed by atoms with Crippen molar-refractivity contribution in [2.24, 2.45) is 10.7 Å². The number of halogens is 3. The lowest BCUT2D eigenvalue weighted by Gasteiger charge is -2.27. The zero-order valence-electron chi connectivity index (χ0n) is 18.6. The molecule has 1 amide bonds. The van der Waals surface area contributed by atoms with Gasteiger partial charge in [-0.1, -0.05) is 41.4 Å². The molecule has 7 nitrogen and oxygen atoms in total. The highest BCUT2D eigenvalue weighted by molar-refractivity contribution is 7.86. The van der Waals surface area contributed by atoms with Gasteiger partial charge in [0.1, 0.15) is 11.6 Å². The Morgan fingerprint density at radius 2 is 1.63 bits per heavy atom. The third-order valence-electron chi connectivity index (χ3n) is 5.51. The average molecular weight is 536 g/mol. The average Bonchev–Trinajstić information content (AvgIpc) is 3.03. The first kappa shape index (κ1) is 25.0. The van der Waals surface area contributed by atoms with E-state index < -0.39 is 27.4 Å². The minimum absolute atomic E-state index is 0.00522. The number of likely N-dealkylation sites (N-methyl/N-ethyl adjacent to an activating group) is 1. The first-order valence-electron chi connectivity index (χ1n) is 10.4. The van der Waals surface area contributed by atoms with Crippen LogP contribution in [0, 0.1) is 5.82 Å². The van der Waals surface area contributed by atoms with Crippen molar-refractivity contribution >= 4 is 45.2 Å². The first-order chi connectivity index (χ1) is 16.4. The minimum Gasteiger partial charge on any atom is -0.383 e. The molecule has 2 N–H and O–H groups in total. The molecule has 182 valence electrons. The highest BCUT2D eigenvalue weighted by atomic mass is 35.5. The Morgan fingerprint density at radius 3 is 2.17 bits per heavy atom. The molecule has 0 saturated carbocycles. The van der Waals surface area contributed by atoms with Crippen LogP contribution >= 0.6 is 23.2 Å². The van der Waals surface area contributed by atoms with Crippen molar-refractivity contribution in [2.75, 3.05) is 12.8 Å². The van der Waals surface area contributed by atoms with Crippen molar-refractivity contribution in [1.82, 2.24) is 4.90 Å². The number of aliphatic imine (C=N–C) groups is 1. The second-order valence-electron chi connectivity index (χ2n) is 7.89. The second-order valence-corrected chi connectivity index (χ2v) is 10.3. The standard InChI is InChI=1S/C24H20Cl2FN3O4S/c1-3-30-22(31)24(29-23(30)28,15-4-7-19(8-5-15)34-35(2,32)33)16-6-9-21(27)20(12-16)14-10-17(25)13-18(26)11-14/h4-13H,3H2,1-2H3,(H2,28,29). The molecular weight excluding hydrogens is 516 g/mol. The predicted molar refractivity (Wildman–Crippen MR) is 134 cm³/mol. The van der Waals surface area contributed by atoms with Gasteiger partial charge in [0.15, 0.2) is 11.5 Å². The number of benzene rings is 3. The van der Waals surface area contributed by atoms with Crippen molar-refractivity contribution in [3.8, 4) is 16.9 Å². The summed E-state index contributed by atoms with van der Waals surface area (Å²) in [5.74, 6) is -0.912. The Kier molecular flexibility index (Phi) is 6.52. The van der Waals surface area contributed by atoms with Gasteiger partial charge in [-0.3, -0.25) is 9.69 Å². The number of hydrogen-bond donors (Lipinski definition) is 1. The summed E-state index contributed by atoms with van der Waals surface area (Å²) >= 11 is 12.2. The van der Waals surface area contributed by atoms with Crippen LogP contribution in [-0.2, 0) is 20.5 Å². The number of guanidine groups is 1. The first-order valence-corrected chi connectivity index (χ1v) is 13.0. The third kappa shape index (κ3) is 4.71. The highest BCUT2D eigenvalue weighted by Crippen LogP contribution is 2.42. The van der Waals surface area contributed by atoms with Gasteiger partial charge in [-0.15, -0.1) is 0 Å². The monoisotopic (exact) mass is 535 g/mol. The molecule has 0 radical (unpaired) electrons. The fraction of sp³-hybridized carbons (Fsp3) is 0.167. The van der Waals surface area contributed by atoms with Crippen LogP contribution in [0.3, 0.4) is 0 Å². The molecule has 3 aromatic carbocycles. The van der Waals surface area contributed by atoms with Gasteiger partial charge >= 0.3 is 10.1 Å². The van der Waals surface area contributed by atoms with Gasteiger partial charge in [-0.05, 0) is 66.1 Å². The molecule has 0 aromatic heterocycles. The number of amides is 1. The largest absolute Gasteiger partial charge is 0.383 e. The minimum atomic E-state index is -3.74. The third-order valence-corrected chi connectivity index (χ3v) is 6.44. The summed E-state index contributed by atoms with van der Waals surface area (Å²) in [6, 6.07) is 14.7. The van der Waals surface area contributed by atoms with E-state index in [1.165, 1.54) is 53.4 Å². The Bertz CT molecular complexity index is 1440. The fourth-order valence-corrected chi connectivity index (χ4v) is 5.02. The topological polar surface area (TPSA) is 102 Å². The maximum absolute atomic E-state index is 14.9.